The number of hydrogen-bond donors (Lipinski definition) is 3. The van der Waals surface area contributed by atoms with Crippen molar-refractivity contribution in [2.75, 3.05) is 6.79 Å². The van der Waals surface area contributed by atoms with E-state index in [1.165, 1.54) is 6.07 Å². The van der Waals surface area contributed by atoms with Gasteiger partial charge in [0.1, 0.15) is 10.8 Å². The molecule has 0 aliphatic carbocycles. The zero-order chi connectivity index (χ0) is 12.6. The Morgan fingerprint density at radius 3 is 2.94 bits per heavy atom. The Labute approximate surface area is 102 Å². The third-order valence-electron chi connectivity index (χ3n) is 2.40. The maximum Gasteiger partial charge on any atom is 0.305 e. The summed E-state index contributed by atoms with van der Waals surface area (Å²) in [4.78, 5) is 10.6. The Kier molecular flexibility index (Phi) is 2.99. The summed E-state index contributed by atoms with van der Waals surface area (Å²) in [7, 11) is 0. The zero-order valence-electron chi connectivity index (χ0n) is 8.64. The van der Waals surface area contributed by atoms with Gasteiger partial charge in [-0.25, -0.2) is 0 Å². The van der Waals surface area contributed by atoms with Crippen molar-refractivity contribution >= 4 is 17.6 Å². The van der Waals surface area contributed by atoms with Gasteiger partial charge in [0.25, 0.3) is 0 Å². The van der Waals surface area contributed by atoms with Crippen LogP contribution in [-0.4, -0.2) is 23.0 Å². The number of fused-ring (bicyclic) bond motifs is 1. The Morgan fingerprint density at radius 1 is 1.59 bits per heavy atom. The van der Waals surface area contributed by atoms with E-state index in [4.69, 9.17) is 31.9 Å². The molecule has 0 saturated heterocycles. The van der Waals surface area contributed by atoms with Crippen molar-refractivity contribution in [2.45, 2.75) is 12.5 Å². The van der Waals surface area contributed by atoms with Crippen molar-refractivity contribution in [1.29, 1.82) is 0 Å². The van der Waals surface area contributed by atoms with Gasteiger partial charge in [-0.3, -0.25) is 4.79 Å². The largest absolute Gasteiger partial charge is 0.506 e. The molecule has 2 rings (SSSR count). The lowest BCUT2D eigenvalue weighted by Crippen LogP contribution is -2.15. The normalized spacial score (nSPS) is 14.7. The van der Waals surface area contributed by atoms with Crippen LogP contribution in [0.4, 0.5) is 0 Å². The van der Waals surface area contributed by atoms with Gasteiger partial charge in [0, 0.05) is 11.6 Å². The molecule has 1 atom stereocenters. The lowest BCUT2D eigenvalue weighted by molar-refractivity contribution is -0.137. The van der Waals surface area contributed by atoms with E-state index in [9.17, 15) is 9.90 Å². The first-order valence-electron chi connectivity index (χ1n) is 4.79. The second kappa shape index (κ2) is 4.31. The highest BCUT2D eigenvalue weighted by Crippen LogP contribution is 2.47. The number of carbonyl (C=O) groups is 1. The van der Waals surface area contributed by atoms with Crippen LogP contribution in [0, 0.1) is 0 Å². The molecule has 7 heteroatoms. The van der Waals surface area contributed by atoms with Gasteiger partial charge in [-0.2, -0.15) is 0 Å². The predicted octanol–water partition coefficient (Wildman–Crippen LogP) is 1.25. The quantitative estimate of drug-likeness (QED) is 0.755. The molecule has 0 fully saturated rings. The van der Waals surface area contributed by atoms with Crippen LogP contribution in [0.2, 0.25) is 5.02 Å². The van der Waals surface area contributed by atoms with E-state index in [2.05, 4.69) is 0 Å². The average molecular weight is 260 g/mol. The van der Waals surface area contributed by atoms with E-state index in [-0.39, 0.29) is 35.3 Å². The van der Waals surface area contributed by atoms with Crippen LogP contribution < -0.4 is 15.2 Å². The molecule has 92 valence electrons. The summed E-state index contributed by atoms with van der Waals surface area (Å²) in [6.07, 6.45) is -0.316. The molecule has 6 nitrogen and oxygen atoms in total. The molecule has 0 saturated carbocycles. The molecule has 17 heavy (non-hydrogen) atoms. The van der Waals surface area contributed by atoms with Crippen LogP contribution in [0.1, 0.15) is 18.0 Å². The number of ether oxygens (including phenoxy) is 2. The van der Waals surface area contributed by atoms with Crippen LogP contribution in [0.15, 0.2) is 6.07 Å². The van der Waals surface area contributed by atoms with Gasteiger partial charge in [-0.15, -0.1) is 0 Å². The van der Waals surface area contributed by atoms with Crippen molar-refractivity contribution in [3.05, 3.63) is 16.7 Å². The molecule has 0 amide bonds. The van der Waals surface area contributed by atoms with Crippen molar-refractivity contribution in [2.24, 2.45) is 5.73 Å². The van der Waals surface area contributed by atoms with Crippen molar-refractivity contribution in [3.63, 3.8) is 0 Å². The second-order valence-electron chi connectivity index (χ2n) is 3.57. The summed E-state index contributed by atoms with van der Waals surface area (Å²) in [5.41, 5.74) is 5.89. The average Bonchev–Trinajstić information content (AvgIpc) is 2.70. The van der Waals surface area contributed by atoms with Gasteiger partial charge < -0.3 is 25.4 Å². The number of rotatable bonds is 3. The maximum atomic E-state index is 10.6. The highest BCUT2D eigenvalue weighted by Gasteiger charge is 2.26. The highest BCUT2D eigenvalue weighted by molar-refractivity contribution is 6.34. The highest BCUT2D eigenvalue weighted by atomic mass is 35.5. The SMILES string of the molecule is NC(CC(=O)O)c1cc2c(c(Cl)c1O)OCO2. The first kappa shape index (κ1) is 11.8. The number of aromatic hydroxyl groups is 1. The number of hydrogen-bond acceptors (Lipinski definition) is 5. The molecule has 1 aromatic carbocycles. The van der Waals surface area contributed by atoms with Crippen LogP contribution in [-0.2, 0) is 4.79 Å². The van der Waals surface area contributed by atoms with E-state index < -0.39 is 12.0 Å². The monoisotopic (exact) mass is 259 g/mol. The molecular weight excluding hydrogens is 250 g/mol. The molecule has 1 aromatic rings. The summed E-state index contributed by atoms with van der Waals surface area (Å²) in [6.45, 7) is 0.00607. The van der Waals surface area contributed by atoms with Crippen LogP contribution in [0.5, 0.6) is 17.2 Å². The summed E-state index contributed by atoms with van der Waals surface area (Å²) >= 11 is 5.87. The number of aliphatic carboxylic acids is 1. The van der Waals surface area contributed by atoms with Gasteiger partial charge in [0.05, 0.1) is 6.42 Å². The fourth-order valence-corrected chi connectivity index (χ4v) is 1.85. The van der Waals surface area contributed by atoms with E-state index in [1.54, 1.807) is 0 Å². The van der Waals surface area contributed by atoms with E-state index >= 15 is 0 Å². The van der Waals surface area contributed by atoms with Gasteiger partial charge in [-0.1, -0.05) is 11.6 Å². The lowest BCUT2D eigenvalue weighted by atomic mass is 10.0. The van der Waals surface area contributed by atoms with Crippen molar-refractivity contribution < 1.29 is 24.5 Å². The molecule has 1 unspecified atom stereocenters. The summed E-state index contributed by atoms with van der Waals surface area (Å²) < 4.78 is 10.2. The standard InChI is InChI=1S/C10H10ClNO5/c11-8-9(15)4(5(12)2-7(13)14)1-6-10(8)17-3-16-6/h1,5,15H,2-3,12H2,(H,13,14). The van der Waals surface area contributed by atoms with Gasteiger partial charge in [-0.05, 0) is 6.07 Å². The first-order valence-corrected chi connectivity index (χ1v) is 5.17. The molecule has 4 N–H and O–H groups in total. The van der Waals surface area contributed by atoms with Crippen LogP contribution >= 0.6 is 11.6 Å². The molecular formula is C10H10ClNO5. The van der Waals surface area contributed by atoms with E-state index in [0.29, 0.717) is 5.75 Å². The van der Waals surface area contributed by atoms with Gasteiger partial charge in [0.15, 0.2) is 11.5 Å². The molecule has 0 aromatic heterocycles. The van der Waals surface area contributed by atoms with Crippen molar-refractivity contribution in [1.82, 2.24) is 0 Å². The van der Waals surface area contributed by atoms with Gasteiger partial charge >= 0.3 is 5.97 Å². The number of carboxylic acids is 1. The van der Waals surface area contributed by atoms with E-state index in [1.807, 2.05) is 0 Å². The fraction of sp³-hybridized carbons (Fsp3) is 0.300. The topological polar surface area (TPSA) is 102 Å². The first-order chi connectivity index (χ1) is 8.00. The molecule has 0 spiro atoms. The molecule has 0 bridgehead atoms. The number of nitrogens with two attached hydrogens (primary N) is 1. The third-order valence-corrected chi connectivity index (χ3v) is 2.75. The number of carboxylic acid groups (broad SMARTS) is 1. The fourth-order valence-electron chi connectivity index (χ4n) is 1.59. The Bertz CT molecular complexity index is 476. The number of benzene rings is 1. The summed E-state index contributed by atoms with van der Waals surface area (Å²) in [5.74, 6) is -0.741. The van der Waals surface area contributed by atoms with E-state index in [0.717, 1.165) is 0 Å². The van der Waals surface area contributed by atoms with Gasteiger partial charge in [0.2, 0.25) is 6.79 Å². The molecule has 0 radical (unpaired) electrons. The number of halogens is 1. The number of phenolic OH excluding ortho intramolecular Hbond substituents is 1. The maximum absolute atomic E-state index is 10.6. The Hall–Kier alpha value is -1.66. The molecule has 1 heterocycles. The Balaban J connectivity index is 2.41. The molecule has 1 aliphatic rings. The number of phenols is 1. The molecule has 1 aliphatic heterocycles. The predicted molar refractivity (Wildman–Crippen MR) is 58.4 cm³/mol. The van der Waals surface area contributed by atoms with Crippen molar-refractivity contribution in [3.8, 4) is 17.2 Å². The summed E-state index contributed by atoms with van der Waals surface area (Å²) in [5, 5.41) is 18.4. The Morgan fingerprint density at radius 2 is 2.29 bits per heavy atom. The lowest BCUT2D eigenvalue weighted by Gasteiger charge is -2.13. The minimum absolute atomic E-state index is 0.00607. The summed E-state index contributed by atoms with van der Waals surface area (Å²) in [6, 6.07) is 0.580. The smallest absolute Gasteiger partial charge is 0.305 e. The van der Waals surface area contributed by atoms with Crippen LogP contribution in [0.3, 0.4) is 0 Å². The van der Waals surface area contributed by atoms with Crippen LogP contribution in [0.25, 0.3) is 0 Å². The third kappa shape index (κ3) is 2.09. The minimum atomic E-state index is -1.06. The second-order valence-corrected chi connectivity index (χ2v) is 3.94. The zero-order valence-corrected chi connectivity index (χ0v) is 9.40. The minimum Gasteiger partial charge on any atom is -0.506 e.